The van der Waals surface area contributed by atoms with Crippen molar-refractivity contribution in [1.29, 1.82) is 5.26 Å². The van der Waals surface area contributed by atoms with Crippen LogP contribution in [-0.4, -0.2) is 17.0 Å². The Kier molecular flexibility index (Phi) is 3.01. The molecule has 0 fully saturated rings. The number of aryl methyl sites for hydroxylation is 1. The minimum Gasteiger partial charge on any atom is -0.312 e. The van der Waals surface area contributed by atoms with Crippen LogP contribution < -0.4 is 4.90 Å². The molecule has 0 saturated carbocycles. The molecule has 0 atom stereocenters. The maximum Gasteiger partial charge on any atom is 0.229 e. The van der Waals surface area contributed by atoms with Crippen molar-refractivity contribution in [2.75, 3.05) is 11.9 Å². The van der Waals surface area contributed by atoms with Gasteiger partial charge in [-0.25, -0.2) is 9.97 Å². The van der Waals surface area contributed by atoms with E-state index in [1.54, 1.807) is 12.3 Å². The highest BCUT2D eigenvalue weighted by Crippen LogP contribution is 2.23. The molecule has 1 aromatic heterocycles. The van der Waals surface area contributed by atoms with Crippen molar-refractivity contribution in [2.45, 2.75) is 6.92 Å². The van der Waals surface area contributed by atoms with Crippen LogP contribution in [0.2, 0.25) is 0 Å². The Morgan fingerprint density at radius 2 is 2.00 bits per heavy atom. The van der Waals surface area contributed by atoms with E-state index >= 15 is 0 Å². The zero-order chi connectivity index (χ0) is 12.3. The highest BCUT2D eigenvalue weighted by atomic mass is 15.2. The summed E-state index contributed by atoms with van der Waals surface area (Å²) in [7, 11) is 1.85. The lowest BCUT2D eigenvalue weighted by Crippen LogP contribution is -2.14. The van der Waals surface area contributed by atoms with Crippen LogP contribution >= 0.6 is 0 Å². The molecule has 0 aliphatic carbocycles. The lowest BCUT2D eigenvalue weighted by molar-refractivity contribution is 1.01. The summed E-state index contributed by atoms with van der Waals surface area (Å²) in [5.41, 5.74) is 2.32. The first-order valence-corrected chi connectivity index (χ1v) is 5.25. The quantitative estimate of drug-likeness (QED) is 0.786. The molecular formula is C13H12N4. The summed E-state index contributed by atoms with van der Waals surface area (Å²) in [6.07, 6.45) is 1.71. The monoisotopic (exact) mass is 224 g/mol. The van der Waals surface area contributed by atoms with Crippen LogP contribution in [0.5, 0.6) is 0 Å². The standard InChI is InChI=1S/C13H12N4/c1-10-7-8-15-13(16-10)17(2)12-6-4-3-5-11(12)9-14/h3-8H,1-2H3. The van der Waals surface area contributed by atoms with Gasteiger partial charge >= 0.3 is 0 Å². The van der Waals surface area contributed by atoms with Crippen LogP contribution in [0.4, 0.5) is 11.6 Å². The molecule has 0 radical (unpaired) electrons. The van der Waals surface area contributed by atoms with Gasteiger partial charge in [-0.2, -0.15) is 5.26 Å². The Morgan fingerprint density at radius 1 is 1.24 bits per heavy atom. The first-order valence-electron chi connectivity index (χ1n) is 5.25. The maximum atomic E-state index is 9.05. The van der Waals surface area contributed by atoms with Gasteiger partial charge in [0, 0.05) is 18.9 Å². The molecule has 4 heteroatoms. The normalized spacial score (nSPS) is 9.71. The van der Waals surface area contributed by atoms with Crippen molar-refractivity contribution in [3.05, 3.63) is 47.8 Å². The second-order valence-electron chi connectivity index (χ2n) is 3.69. The Balaban J connectivity index is 2.44. The third-order valence-corrected chi connectivity index (χ3v) is 2.47. The van der Waals surface area contributed by atoms with Crippen LogP contribution in [0.15, 0.2) is 36.5 Å². The summed E-state index contributed by atoms with van der Waals surface area (Å²) in [5, 5.41) is 9.05. The van der Waals surface area contributed by atoms with Gasteiger partial charge in [-0.3, -0.25) is 0 Å². The molecule has 0 amide bonds. The SMILES string of the molecule is Cc1ccnc(N(C)c2ccccc2C#N)n1. The van der Waals surface area contributed by atoms with Crippen LogP contribution in [0, 0.1) is 18.3 Å². The molecule has 4 nitrogen and oxygen atoms in total. The van der Waals surface area contributed by atoms with Gasteiger partial charge in [-0.05, 0) is 25.1 Å². The second-order valence-corrected chi connectivity index (χ2v) is 3.69. The van der Waals surface area contributed by atoms with Crippen molar-refractivity contribution in [3.8, 4) is 6.07 Å². The Bertz CT molecular complexity index is 572. The summed E-state index contributed by atoms with van der Waals surface area (Å²) in [5.74, 6) is 0.590. The topological polar surface area (TPSA) is 52.8 Å². The summed E-state index contributed by atoms with van der Waals surface area (Å²) < 4.78 is 0. The lowest BCUT2D eigenvalue weighted by Gasteiger charge is -2.18. The molecule has 0 bridgehead atoms. The Hall–Kier alpha value is -2.41. The highest BCUT2D eigenvalue weighted by molar-refractivity contribution is 5.64. The molecule has 0 unspecified atom stereocenters. The molecule has 84 valence electrons. The van der Waals surface area contributed by atoms with E-state index in [1.807, 2.05) is 43.1 Å². The number of rotatable bonds is 2. The third kappa shape index (κ3) is 2.23. The second kappa shape index (κ2) is 4.62. The largest absolute Gasteiger partial charge is 0.312 e. The van der Waals surface area contributed by atoms with E-state index in [4.69, 9.17) is 5.26 Å². The number of aromatic nitrogens is 2. The predicted octanol–water partition coefficient (Wildman–Crippen LogP) is 2.42. The van der Waals surface area contributed by atoms with Crippen molar-refractivity contribution >= 4 is 11.6 Å². The van der Waals surface area contributed by atoms with Crippen LogP contribution in [0.25, 0.3) is 0 Å². The minimum absolute atomic E-state index is 0.590. The zero-order valence-corrected chi connectivity index (χ0v) is 9.75. The lowest BCUT2D eigenvalue weighted by atomic mass is 10.2. The molecule has 0 aliphatic heterocycles. The maximum absolute atomic E-state index is 9.05. The van der Waals surface area contributed by atoms with E-state index in [0.29, 0.717) is 11.5 Å². The van der Waals surface area contributed by atoms with Gasteiger partial charge in [0.2, 0.25) is 5.95 Å². The molecule has 0 aliphatic rings. The smallest absolute Gasteiger partial charge is 0.229 e. The molecule has 2 aromatic rings. The van der Waals surface area contributed by atoms with E-state index in [0.717, 1.165) is 11.4 Å². The van der Waals surface area contributed by atoms with Crippen molar-refractivity contribution < 1.29 is 0 Å². The van der Waals surface area contributed by atoms with Crippen LogP contribution in [-0.2, 0) is 0 Å². The first kappa shape index (κ1) is 11.1. The number of nitriles is 1. The van der Waals surface area contributed by atoms with E-state index < -0.39 is 0 Å². The summed E-state index contributed by atoms with van der Waals surface area (Å²) in [6.45, 7) is 1.91. The first-order chi connectivity index (χ1) is 8.22. The minimum atomic E-state index is 0.590. The molecule has 1 aromatic carbocycles. The summed E-state index contributed by atoms with van der Waals surface area (Å²) in [6, 6.07) is 11.4. The van der Waals surface area contributed by atoms with E-state index in [1.165, 1.54) is 0 Å². The van der Waals surface area contributed by atoms with Crippen molar-refractivity contribution in [3.63, 3.8) is 0 Å². The van der Waals surface area contributed by atoms with Gasteiger partial charge in [0.1, 0.15) is 6.07 Å². The Labute approximate surface area is 100 Å². The number of benzene rings is 1. The van der Waals surface area contributed by atoms with Crippen LogP contribution in [0.3, 0.4) is 0 Å². The van der Waals surface area contributed by atoms with Gasteiger partial charge in [-0.1, -0.05) is 12.1 Å². The number of para-hydroxylation sites is 1. The fraction of sp³-hybridized carbons (Fsp3) is 0.154. The van der Waals surface area contributed by atoms with Gasteiger partial charge in [0.25, 0.3) is 0 Å². The molecule has 2 rings (SSSR count). The average Bonchev–Trinajstić information content (AvgIpc) is 2.38. The number of nitrogens with zero attached hydrogens (tertiary/aromatic N) is 4. The highest BCUT2D eigenvalue weighted by Gasteiger charge is 2.10. The molecular weight excluding hydrogens is 212 g/mol. The number of anilines is 2. The molecule has 17 heavy (non-hydrogen) atoms. The summed E-state index contributed by atoms with van der Waals surface area (Å²) in [4.78, 5) is 10.3. The van der Waals surface area contributed by atoms with Gasteiger partial charge < -0.3 is 4.90 Å². The van der Waals surface area contributed by atoms with E-state index in [9.17, 15) is 0 Å². The average molecular weight is 224 g/mol. The fourth-order valence-electron chi connectivity index (χ4n) is 1.57. The number of hydrogen-bond donors (Lipinski definition) is 0. The fourth-order valence-corrected chi connectivity index (χ4v) is 1.57. The van der Waals surface area contributed by atoms with E-state index in [2.05, 4.69) is 16.0 Å². The van der Waals surface area contributed by atoms with Gasteiger partial charge in [0.15, 0.2) is 0 Å². The van der Waals surface area contributed by atoms with Crippen molar-refractivity contribution in [1.82, 2.24) is 9.97 Å². The predicted molar refractivity (Wildman–Crippen MR) is 66.0 cm³/mol. The van der Waals surface area contributed by atoms with E-state index in [-0.39, 0.29) is 0 Å². The molecule has 0 saturated heterocycles. The summed E-state index contributed by atoms with van der Waals surface area (Å²) >= 11 is 0. The van der Waals surface area contributed by atoms with Crippen molar-refractivity contribution in [2.24, 2.45) is 0 Å². The molecule has 0 N–H and O–H groups in total. The van der Waals surface area contributed by atoms with Crippen LogP contribution in [0.1, 0.15) is 11.3 Å². The molecule has 0 spiro atoms. The third-order valence-electron chi connectivity index (χ3n) is 2.47. The zero-order valence-electron chi connectivity index (χ0n) is 9.75. The molecule has 1 heterocycles. The Morgan fingerprint density at radius 3 is 2.71 bits per heavy atom. The van der Waals surface area contributed by atoms with Gasteiger partial charge in [0.05, 0.1) is 11.3 Å². The van der Waals surface area contributed by atoms with Gasteiger partial charge in [-0.15, -0.1) is 0 Å². The number of hydrogen-bond acceptors (Lipinski definition) is 4.